The predicted octanol–water partition coefficient (Wildman–Crippen LogP) is 1.36. The summed E-state index contributed by atoms with van der Waals surface area (Å²) in [6.45, 7) is 1.59. The van der Waals surface area contributed by atoms with Gasteiger partial charge in [0.15, 0.2) is 6.10 Å². The van der Waals surface area contributed by atoms with Crippen molar-refractivity contribution in [3.63, 3.8) is 0 Å². The lowest BCUT2D eigenvalue weighted by Gasteiger charge is -2.13. The molecule has 2 aromatic rings. The van der Waals surface area contributed by atoms with Crippen LogP contribution in [0.5, 0.6) is 0 Å². The van der Waals surface area contributed by atoms with Crippen LogP contribution in [0.25, 0.3) is 0 Å². The van der Waals surface area contributed by atoms with E-state index in [0.717, 1.165) is 5.56 Å². The number of urea groups is 1. The van der Waals surface area contributed by atoms with E-state index in [2.05, 4.69) is 10.6 Å². The van der Waals surface area contributed by atoms with Crippen molar-refractivity contribution in [2.24, 2.45) is 5.73 Å². The van der Waals surface area contributed by atoms with Gasteiger partial charge in [0, 0.05) is 12.1 Å². The van der Waals surface area contributed by atoms with Gasteiger partial charge in [0.2, 0.25) is 5.91 Å². The lowest BCUT2D eigenvalue weighted by Crippen LogP contribution is -2.44. The molecule has 0 aliphatic rings. The molecule has 4 amide bonds. The largest absolute Gasteiger partial charge is 0.449 e. The van der Waals surface area contributed by atoms with E-state index in [1.807, 2.05) is 30.3 Å². The Balaban J connectivity index is 1.82. The maximum Gasteiger partial charge on any atom is 0.338 e. The van der Waals surface area contributed by atoms with Crippen molar-refractivity contribution in [3.8, 4) is 0 Å². The first-order valence-corrected chi connectivity index (χ1v) is 8.10. The van der Waals surface area contributed by atoms with Crippen LogP contribution in [-0.2, 0) is 16.1 Å². The third-order valence-electron chi connectivity index (χ3n) is 3.59. The van der Waals surface area contributed by atoms with E-state index in [1.54, 1.807) is 0 Å². The Labute approximate surface area is 155 Å². The molecule has 4 N–H and O–H groups in total. The third-order valence-corrected chi connectivity index (χ3v) is 3.59. The summed E-state index contributed by atoms with van der Waals surface area (Å²) in [5.41, 5.74) is 6.39. The van der Waals surface area contributed by atoms with Crippen LogP contribution in [-0.4, -0.2) is 29.9 Å². The molecular weight excluding hydrogens is 350 g/mol. The number of amides is 4. The van der Waals surface area contributed by atoms with Crippen molar-refractivity contribution in [2.75, 3.05) is 0 Å². The smallest absolute Gasteiger partial charge is 0.338 e. The Morgan fingerprint density at radius 1 is 0.963 bits per heavy atom. The Kier molecular flexibility index (Phi) is 6.65. The summed E-state index contributed by atoms with van der Waals surface area (Å²) >= 11 is 0. The van der Waals surface area contributed by atoms with Crippen LogP contribution in [0.1, 0.15) is 33.2 Å². The minimum Gasteiger partial charge on any atom is -0.449 e. The molecule has 8 nitrogen and oxygen atoms in total. The maximum atomic E-state index is 12.0. The van der Waals surface area contributed by atoms with Gasteiger partial charge in [-0.2, -0.15) is 0 Å². The van der Waals surface area contributed by atoms with Gasteiger partial charge in [-0.25, -0.2) is 9.59 Å². The predicted molar refractivity (Wildman–Crippen MR) is 96.7 cm³/mol. The molecule has 1 unspecified atom stereocenters. The van der Waals surface area contributed by atoms with E-state index >= 15 is 0 Å². The van der Waals surface area contributed by atoms with E-state index < -0.39 is 29.9 Å². The lowest BCUT2D eigenvalue weighted by atomic mass is 10.1. The minimum atomic E-state index is -1.18. The van der Waals surface area contributed by atoms with Crippen LogP contribution in [0.15, 0.2) is 54.6 Å². The first kappa shape index (κ1) is 19.6. The summed E-state index contributed by atoms with van der Waals surface area (Å²) in [6.07, 6.45) is -1.18. The van der Waals surface area contributed by atoms with Gasteiger partial charge in [0.25, 0.3) is 5.91 Å². The standard InChI is InChI=1S/C19H19N3O5/c1-12(27-18(25)15-9-7-14(8-10-15)16(20)23)17(24)22-19(26)21-11-13-5-3-2-4-6-13/h2-10,12H,11H2,1H3,(H2,20,23)(H2,21,22,24,26). The van der Waals surface area contributed by atoms with Crippen LogP contribution in [0.4, 0.5) is 4.79 Å². The fraction of sp³-hybridized carbons (Fsp3) is 0.158. The average molecular weight is 369 g/mol. The molecule has 0 aliphatic carbocycles. The Bertz CT molecular complexity index is 834. The monoisotopic (exact) mass is 369 g/mol. The summed E-state index contributed by atoms with van der Waals surface area (Å²) in [5, 5.41) is 4.63. The molecule has 27 heavy (non-hydrogen) atoms. The number of primary amides is 1. The van der Waals surface area contributed by atoms with Gasteiger partial charge in [-0.1, -0.05) is 30.3 Å². The highest BCUT2D eigenvalue weighted by Crippen LogP contribution is 2.07. The highest BCUT2D eigenvalue weighted by atomic mass is 16.5. The number of nitrogens with one attached hydrogen (secondary N) is 2. The van der Waals surface area contributed by atoms with Gasteiger partial charge in [-0.3, -0.25) is 14.9 Å². The fourth-order valence-electron chi connectivity index (χ4n) is 2.09. The van der Waals surface area contributed by atoms with Gasteiger partial charge in [0.05, 0.1) is 5.56 Å². The molecule has 0 radical (unpaired) electrons. The first-order valence-electron chi connectivity index (χ1n) is 8.10. The number of imide groups is 1. The molecule has 0 saturated heterocycles. The van der Waals surface area contributed by atoms with Crippen LogP contribution < -0.4 is 16.4 Å². The topological polar surface area (TPSA) is 128 Å². The summed E-state index contributed by atoms with van der Waals surface area (Å²) in [6, 6.07) is 13.9. The number of carbonyl (C=O) groups excluding carboxylic acids is 4. The molecule has 2 aromatic carbocycles. The molecule has 0 aromatic heterocycles. The Hall–Kier alpha value is -3.68. The van der Waals surface area contributed by atoms with Crippen LogP contribution in [0, 0.1) is 0 Å². The number of nitrogens with two attached hydrogens (primary N) is 1. The molecule has 0 spiro atoms. The molecule has 0 saturated carbocycles. The molecule has 140 valence electrons. The minimum absolute atomic E-state index is 0.146. The fourth-order valence-corrected chi connectivity index (χ4v) is 2.09. The van der Waals surface area contributed by atoms with Crippen molar-refractivity contribution in [1.29, 1.82) is 0 Å². The highest BCUT2D eigenvalue weighted by Gasteiger charge is 2.20. The van der Waals surface area contributed by atoms with E-state index in [4.69, 9.17) is 10.5 Å². The van der Waals surface area contributed by atoms with Gasteiger partial charge >= 0.3 is 12.0 Å². The molecule has 8 heteroatoms. The van der Waals surface area contributed by atoms with Gasteiger partial charge < -0.3 is 15.8 Å². The Morgan fingerprint density at radius 2 is 1.56 bits per heavy atom. The number of hydrogen-bond donors (Lipinski definition) is 3. The van der Waals surface area contributed by atoms with Crippen LogP contribution >= 0.6 is 0 Å². The highest BCUT2D eigenvalue weighted by molar-refractivity contribution is 5.99. The second-order valence-electron chi connectivity index (χ2n) is 5.65. The summed E-state index contributed by atoms with van der Waals surface area (Å²) in [7, 11) is 0. The number of esters is 1. The SMILES string of the molecule is CC(OC(=O)c1ccc(C(N)=O)cc1)C(=O)NC(=O)NCc1ccccc1. The second-order valence-corrected chi connectivity index (χ2v) is 5.65. The third kappa shape index (κ3) is 5.96. The van der Waals surface area contributed by atoms with Crippen molar-refractivity contribution in [1.82, 2.24) is 10.6 Å². The zero-order chi connectivity index (χ0) is 19.8. The van der Waals surface area contributed by atoms with Gasteiger partial charge in [0.1, 0.15) is 0 Å². The molecule has 0 bridgehead atoms. The maximum absolute atomic E-state index is 12.0. The Morgan fingerprint density at radius 3 is 2.15 bits per heavy atom. The van der Waals surface area contributed by atoms with Crippen molar-refractivity contribution in [3.05, 3.63) is 71.3 Å². The number of hydrogen-bond acceptors (Lipinski definition) is 5. The molecule has 1 atom stereocenters. The normalized spacial score (nSPS) is 11.1. The van der Waals surface area contributed by atoms with Crippen molar-refractivity contribution >= 4 is 23.8 Å². The van der Waals surface area contributed by atoms with Crippen LogP contribution in [0.2, 0.25) is 0 Å². The van der Waals surface area contributed by atoms with E-state index in [0.29, 0.717) is 0 Å². The summed E-state index contributed by atoms with van der Waals surface area (Å²) in [5.74, 6) is -2.15. The van der Waals surface area contributed by atoms with Gasteiger partial charge in [-0.15, -0.1) is 0 Å². The number of carbonyl (C=O) groups is 4. The van der Waals surface area contributed by atoms with Crippen molar-refractivity contribution in [2.45, 2.75) is 19.6 Å². The van der Waals surface area contributed by atoms with E-state index in [1.165, 1.54) is 31.2 Å². The van der Waals surface area contributed by atoms with Crippen molar-refractivity contribution < 1.29 is 23.9 Å². The van der Waals surface area contributed by atoms with Gasteiger partial charge in [-0.05, 0) is 36.8 Å². The second kappa shape index (κ2) is 9.14. The molecule has 0 heterocycles. The van der Waals surface area contributed by atoms with E-state index in [9.17, 15) is 19.2 Å². The molecule has 0 aliphatic heterocycles. The lowest BCUT2D eigenvalue weighted by molar-refractivity contribution is -0.127. The average Bonchev–Trinajstić information content (AvgIpc) is 2.67. The number of rotatable bonds is 6. The molecular formula is C19H19N3O5. The summed E-state index contributed by atoms with van der Waals surface area (Å²) in [4.78, 5) is 46.8. The molecule has 2 rings (SSSR count). The van der Waals surface area contributed by atoms with E-state index in [-0.39, 0.29) is 17.7 Å². The zero-order valence-electron chi connectivity index (χ0n) is 14.6. The molecule has 0 fully saturated rings. The first-order chi connectivity index (χ1) is 12.9. The van der Waals surface area contributed by atoms with Crippen LogP contribution in [0.3, 0.4) is 0 Å². The number of benzene rings is 2. The summed E-state index contributed by atoms with van der Waals surface area (Å²) < 4.78 is 5.02. The number of ether oxygens (including phenoxy) is 1. The zero-order valence-corrected chi connectivity index (χ0v) is 14.6. The quantitative estimate of drug-likeness (QED) is 0.663.